The van der Waals surface area contributed by atoms with Crippen molar-refractivity contribution in [2.24, 2.45) is 0 Å². The van der Waals surface area contributed by atoms with Crippen molar-refractivity contribution in [2.45, 2.75) is 6.92 Å². The van der Waals surface area contributed by atoms with Gasteiger partial charge in [-0.3, -0.25) is 0 Å². The molecule has 0 unspecified atom stereocenters. The van der Waals surface area contributed by atoms with Gasteiger partial charge < -0.3 is 9.47 Å². The largest absolute Gasteiger partial charge is 0.465 e. The first-order valence-corrected chi connectivity index (χ1v) is 6.77. The smallest absolute Gasteiger partial charge is 0.348 e. The predicted molar refractivity (Wildman–Crippen MR) is 77.2 cm³/mol. The number of hydrogen-bond donors (Lipinski definition) is 0. The summed E-state index contributed by atoms with van der Waals surface area (Å²) in [5.74, 6) is -0.896. The normalized spacial score (nSPS) is 10.2. The SMILES string of the molecule is COC(=O)c1sc(-c2ccccc2)c(C(=O)OC)c1C. The molecule has 1 aromatic heterocycles. The first kappa shape index (κ1) is 14.3. The number of hydrogen-bond acceptors (Lipinski definition) is 5. The van der Waals surface area contributed by atoms with Crippen LogP contribution in [0.15, 0.2) is 30.3 Å². The van der Waals surface area contributed by atoms with Crippen molar-refractivity contribution in [3.8, 4) is 10.4 Å². The lowest BCUT2D eigenvalue weighted by atomic mass is 10.1. The third kappa shape index (κ3) is 2.44. The van der Waals surface area contributed by atoms with Gasteiger partial charge in [-0.2, -0.15) is 0 Å². The number of rotatable bonds is 3. The van der Waals surface area contributed by atoms with Crippen molar-refractivity contribution in [3.63, 3.8) is 0 Å². The van der Waals surface area contributed by atoms with Gasteiger partial charge in [-0.15, -0.1) is 11.3 Å². The van der Waals surface area contributed by atoms with Crippen LogP contribution in [0.1, 0.15) is 25.6 Å². The van der Waals surface area contributed by atoms with Gasteiger partial charge in [0.2, 0.25) is 0 Å². The van der Waals surface area contributed by atoms with Crippen molar-refractivity contribution >= 4 is 23.3 Å². The summed E-state index contributed by atoms with van der Waals surface area (Å²) >= 11 is 1.24. The lowest BCUT2D eigenvalue weighted by molar-refractivity contribution is 0.0601. The van der Waals surface area contributed by atoms with Gasteiger partial charge in [-0.1, -0.05) is 30.3 Å². The summed E-state index contributed by atoms with van der Waals surface area (Å²) in [6.07, 6.45) is 0. The number of benzene rings is 1. The van der Waals surface area contributed by atoms with E-state index in [9.17, 15) is 9.59 Å². The Balaban J connectivity index is 2.67. The van der Waals surface area contributed by atoms with Gasteiger partial charge in [-0.25, -0.2) is 9.59 Å². The monoisotopic (exact) mass is 290 g/mol. The zero-order chi connectivity index (χ0) is 14.7. The van der Waals surface area contributed by atoms with E-state index in [1.165, 1.54) is 25.6 Å². The molecule has 0 saturated carbocycles. The molecule has 5 heteroatoms. The molecule has 0 aliphatic heterocycles. The van der Waals surface area contributed by atoms with E-state index in [2.05, 4.69) is 0 Å². The standard InChI is InChI=1S/C15H14O4S/c1-9-11(14(16)18-2)13(10-7-5-4-6-8-10)20-12(9)15(17)19-3/h4-8H,1-3H3. The topological polar surface area (TPSA) is 52.6 Å². The molecule has 2 rings (SSSR count). The van der Waals surface area contributed by atoms with Gasteiger partial charge in [0.15, 0.2) is 0 Å². The Morgan fingerprint density at radius 1 is 1.00 bits per heavy atom. The van der Waals surface area contributed by atoms with Crippen LogP contribution in [0, 0.1) is 6.92 Å². The van der Waals surface area contributed by atoms with Crippen molar-refractivity contribution in [3.05, 3.63) is 46.3 Å². The molecule has 0 amide bonds. The second-order valence-corrected chi connectivity index (χ2v) is 5.13. The Morgan fingerprint density at radius 2 is 1.60 bits per heavy atom. The van der Waals surface area contributed by atoms with Crippen LogP contribution in [0.3, 0.4) is 0 Å². The summed E-state index contributed by atoms with van der Waals surface area (Å²) in [7, 11) is 2.65. The van der Waals surface area contributed by atoms with Crippen molar-refractivity contribution in [1.82, 2.24) is 0 Å². The lowest BCUT2D eigenvalue weighted by Crippen LogP contribution is -2.05. The maximum atomic E-state index is 12.0. The zero-order valence-electron chi connectivity index (χ0n) is 11.4. The van der Waals surface area contributed by atoms with Gasteiger partial charge in [0, 0.05) is 4.88 Å². The molecule has 4 nitrogen and oxygen atoms in total. The van der Waals surface area contributed by atoms with E-state index in [4.69, 9.17) is 9.47 Å². The van der Waals surface area contributed by atoms with Crippen molar-refractivity contribution in [2.75, 3.05) is 14.2 Å². The minimum Gasteiger partial charge on any atom is -0.465 e. The van der Waals surface area contributed by atoms with E-state index in [1.54, 1.807) is 6.92 Å². The number of carbonyl (C=O) groups excluding carboxylic acids is 2. The molecule has 0 saturated heterocycles. The minimum absolute atomic E-state index is 0.420. The predicted octanol–water partition coefficient (Wildman–Crippen LogP) is 3.30. The molecule has 104 valence electrons. The zero-order valence-corrected chi connectivity index (χ0v) is 12.2. The Bertz CT molecular complexity index is 643. The minimum atomic E-state index is -0.451. The van der Waals surface area contributed by atoms with Crippen LogP contribution in [-0.4, -0.2) is 26.2 Å². The molecule has 1 heterocycles. The third-order valence-corrected chi connectivity index (χ3v) is 4.26. The maximum absolute atomic E-state index is 12.0. The van der Waals surface area contributed by atoms with E-state index in [0.717, 1.165) is 10.4 Å². The van der Waals surface area contributed by atoms with Crippen LogP contribution in [0.4, 0.5) is 0 Å². The van der Waals surface area contributed by atoms with Crippen LogP contribution >= 0.6 is 11.3 Å². The van der Waals surface area contributed by atoms with E-state index >= 15 is 0 Å². The summed E-state index contributed by atoms with van der Waals surface area (Å²) in [6.45, 7) is 1.72. The Kier molecular flexibility index (Phi) is 4.20. The molecule has 0 fully saturated rings. The summed E-state index contributed by atoms with van der Waals surface area (Å²) in [5, 5.41) is 0. The van der Waals surface area contributed by atoms with Crippen LogP contribution in [0.2, 0.25) is 0 Å². The molecule has 0 atom stereocenters. The Labute approximate surface area is 121 Å². The van der Waals surface area contributed by atoms with Gasteiger partial charge >= 0.3 is 11.9 Å². The fraction of sp³-hybridized carbons (Fsp3) is 0.200. The van der Waals surface area contributed by atoms with Gasteiger partial charge in [-0.05, 0) is 18.1 Å². The van der Waals surface area contributed by atoms with Gasteiger partial charge in [0.25, 0.3) is 0 Å². The van der Waals surface area contributed by atoms with Crippen LogP contribution < -0.4 is 0 Å². The first-order valence-electron chi connectivity index (χ1n) is 5.95. The molecule has 1 aromatic carbocycles. The molecule has 0 aliphatic carbocycles. The number of methoxy groups -OCH3 is 2. The highest BCUT2D eigenvalue weighted by molar-refractivity contribution is 7.18. The van der Waals surface area contributed by atoms with E-state index < -0.39 is 11.9 Å². The number of esters is 2. The molecule has 0 N–H and O–H groups in total. The van der Waals surface area contributed by atoms with E-state index in [1.807, 2.05) is 30.3 Å². The molecular formula is C15H14O4S. The summed E-state index contributed by atoms with van der Waals surface area (Å²) in [4.78, 5) is 24.9. The fourth-order valence-corrected chi connectivity index (χ4v) is 3.16. The van der Waals surface area contributed by atoms with E-state index in [0.29, 0.717) is 16.0 Å². The average molecular weight is 290 g/mol. The quantitative estimate of drug-likeness (QED) is 0.814. The van der Waals surface area contributed by atoms with E-state index in [-0.39, 0.29) is 0 Å². The molecule has 2 aromatic rings. The molecule has 0 spiro atoms. The molecule has 0 aliphatic rings. The Morgan fingerprint density at radius 3 is 2.15 bits per heavy atom. The fourth-order valence-electron chi connectivity index (χ4n) is 1.94. The first-order chi connectivity index (χ1) is 9.60. The lowest BCUT2D eigenvalue weighted by Gasteiger charge is -2.03. The number of carbonyl (C=O) groups is 2. The highest BCUT2D eigenvalue weighted by Gasteiger charge is 2.26. The average Bonchev–Trinajstić information content (AvgIpc) is 2.84. The number of ether oxygens (including phenoxy) is 2. The highest BCUT2D eigenvalue weighted by atomic mass is 32.1. The van der Waals surface area contributed by atoms with Crippen LogP contribution in [-0.2, 0) is 9.47 Å². The second kappa shape index (κ2) is 5.88. The van der Waals surface area contributed by atoms with Crippen LogP contribution in [0.25, 0.3) is 10.4 Å². The summed E-state index contributed by atoms with van der Waals surface area (Å²) in [6, 6.07) is 9.42. The molecule has 0 radical (unpaired) electrons. The molecule has 20 heavy (non-hydrogen) atoms. The van der Waals surface area contributed by atoms with Gasteiger partial charge in [0.1, 0.15) is 4.88 Å². The summed E-state index contributed by atoms with van der Waals surface area (Å²) in [5.41, 5.74) is 1.88. The third-order valence-electron chi connectivity index (χ3n) is 2.94. The summed E-state index contributed by atoms with van der Waals surface area (Å²) < 4.78 is 9.58. The Hall–Kier alpha value is -2.14. The second-order valence-electron chi connectivity index (χ2n) is 4.11. The van der Waals surface area contributed by atoms with Crippen molar-refractivity contribution in [1.29, 1.82) is 0 Å². The van der Waals surface area contributed by atoms with Crippen LogP contribution in [0.5, 0.6) is 0 Å². The maximum Gasteiger partial charge on any atom is 0.348 e. The molecule has 0 bridgehead atoms. The molecular weight excluding hydrogens is 276 g/mol. The highest BCUT2D eigenvalue weighted by Crippen LogP contribution is 2.37. The van der Waals surface area contributed by atoms with Gasteiger partial charge in [0.05, 0.1) is 19.8 Å². The number of thiophene rings is 1. The van der Waals surface area contributed by atoms with Crippen molar-refractivity contribution < 1.29 is 19.1 Å².